The molecule has 0 aliphatic heterocycles. The van der Waals surface area contributed by atoms with Gasteiger partial charge in [-0.3, -0.25) is 0 Å². The van der Waals surface area contributed by atoms with E-state index in [0.29, 0.717) is 0 Å². The summed E-state index contributed by atoms with van der Waals surface area (Å²) in [6, 6.07) is 34.4. The zero-order chi connectivity index (χ0) is 24.9. The van der Waals surface area contributed by atoms with Gasteiger partial charge in [-0.25, -0.2) is 0 Å². The first-order valence-electron chi connectivity index (χ1n) is 11.1. The largest absolute Gasteiger partial charge is 0.433 e. The van der Waals surface area contributed by atoms with Gasteiger partial charge in [0, 0.05) is 11.3 Å². The number of alkyl halides is 3. The van der Waals surface area contributed by atoms with E-state index in [1.54, 1.807) is 6.07 Å². The smallest absolute Gasteiger partial charge is 0.368 e. The second-order valence-electron chi connectivity index (χ2n) is 8.10. The summed E-state index contributed by atoms with van der Waals surface area (Å²) in [4.78, 5) is 0. The molecular weight excluding hydrogens is 447 g/mol. The highest BCUT2D eigenvalue weighted by Crippen LogP contribution is 2.45. The molecule has 0 amide bonds. The monoisotopic (exact) mass is 471 g/mol. The van der Waals surface area contributed by atoms with E-state index in [9.17, 15) is 18.3 Å². The molecule has 176 valence electrons. The number of para-hydroxylation sites is 1. The summed E-state index contributed by atoms with van der Waals surface area (Å²) < 4.78 is 42.5. The van der Waals surface area contributed by atoms with Crippen LogP contribution in [0.1, 0.15) is 29.2 Å². The van der Waals surface area contributed by atoms with Crippen LogP contribution in [0.4, 0.5) is 18.9 Å². The molecule has 0 aliphatic carbocycles. The lowest BCUT2D eigenvalue weighted by Gasteiger charge is -2.39. The SMILES string of the molecule is CC#CC(O)(c1ccccc1NC(c1ccccc1)(c1ccccc1)c1ccccc1)C(F)(F)F. The predicted molar refractivity (Wildman–Crippen MR) is 133 cm³/mol. The molecule has 4 aromatic carbocycles. The number of rotatable bonds is 6. The maximum atomic E-state index is 14.2. The quantitative estimate of drug-likeness (QED) is 0.238. The molecule has 2 nitrogen and oxygen atoms in total. The molecular formula is C30H24F3NO. The van der Waals surface area contributed by atoms with Gasteiger partial charge < -0.3 is 10.4 Å². The molecule has 1 atom stereocenters. The number of aliphatic hydroxyl groups is 1. The van der Waals surface area contributed by atoms with E-state index < -0.39 is 17.3 Å². The molecule has 35 heavy (non-hydrogen) atoms. The van der Waals surface area contributed by atoms with Crippen molar-refractivity contribution in [1.29, 1.82) is 0 Å². The molecule has 0 saturated heterocycles. The van der Waals surface area contributed by atoms with Gasteiger partial charge in [-0.05, 0) is 29.7 Å². The van der Waals surface area contributed by atoms with E-state index in [1.807, 2.05) is 96.9 Å². The Morgan fingerprint density at radius 3 is 1.43 bits per heavy atom. The number of benzene rings is 4. The Kier molecular flexibility index (Phi) is 6.68. The van der Waals surface area contributed by atoms with Gasteiger partial charge in [-0.2, -0.15) is 13.2 Å². The summed E-state index contributed by atoms with van der Waals surface area (Å²) in [6.07, 6.45) is -5.01. The number of hydrogen-bond donors (Lipinski definition) is 2. The Labute approximate surface area is 203 Å². The normalized spacial score (nSPS) is 13.3. The van der Waals surface area contributed by atoms with E-state index >= 15 is 0 Å². The predicted octanol–water partition coefficient (Wildman–Crippen LogP) is 6.86. The van der Waals surface area contributed by atoms with E-state index in [2.05, 4.69) is 11.2 Å². The van der Waals surface area contributed by atoms with Gasteiger partial charge in [0.25, 0.3) is 0 Å². The Balaban J connectivity index is 2.04. The molecule has 2 N–H and O–H groups in total. The molecule has 0 aliphatic rings. The highest BCUT2D eigenvalue weighted by Gasteiger charge is 2.55. The van der Waals surface area contributed by atoms with Crippen LogP contribution < -0.4 is 5.32 Å². The summed E-state index contributed by atoms with van der Waals surface area (Å²) >= 11 is 0. The van der Waals surface area contributed by atoms with E-state index in [4.69, 9.17) is 0 Å². The molecule has 1 unspecified atom stereocenters. The summed E-state index contributed by atoms with van der Waals surface area (Å²) in [6.45, 7) is 1.27. The van der Waals surface area contributed by atoms with Crippen molar-refractivity contribution in [2.45, 2.75) is 24.2 Å². The molecule has 0 heterocycles. The fourth-order valence-electron chi connectivity index (χ4n) is 4.36. The Hall–Kier alpha value is -4.01. The van der Waals surface area contributed by atoms with Crippen LogP contribution >= 0.6 is 0 Å². The second-order valence-corrected chi connectivity index (χ2v) is 8.10. The lowest BCUT2D eigenvalue weighted by atomic mass is 9.76. The molecule has 0 fully saturated rings. The highest BCUT2D eigenvalue weighted by molar-refractivity contribution is 5.65. The van der Waals surface area contributed by atoms with Crippen molar-refractivity contribution in [1.82, 2.24) is 0 Å². The summed E-state index contributed by atoms with van der Waals surface area (Å²) in [5, 5.41) is 14.3. The minimum absolute atomic E-state index is 0.117. The summed E-state index contributed by atoms with van der Waals surface area (Å²) in [7, 11) is 0. The standard InChI is InChI=1S/C30H24F3NO/c1-2-22-28(35,30(31,32)33)26-20-12-13-21-27(26)34-29(23-14-6-3-7-15-23,24-16-8-4-9-17-24)25-18-10-5-11-19-25/h3-21,34-35H,1H3. The van der Waals surface area contributed by atoms with E-state index in [0.717, 1.165) is 16.7 Å². The molecule has 0 bridgehead atoms. The number of hydrogen-bond acceptors (Lipinski definition) is 2. The van der Waals surface area contributed by atoms with Crippen LogP contribution in [0.15, 0.2) is 115 Å². The molecule has 4 aromatic rings. The first-order valence-corrected chi connectivity index (χ1v) is 11.1. The number of halogens is 3. The molecule has 5 heteroatoms. The Morgan fingerprint density at radius 1 is 0.629 bits per heavy atom. The van der Waals surface area contributed by atoms with Gasteiger partial charge in [0.15, 0.2) is 0 Å². The minimum Gasteiger partial charge on any atom is -0.368 e. The molecule has 0 aromatic heterocycles. The van der Waals surface area contributed by atoms with Crippen molar-refractivity contribution in [3.05, 3.63) is 138 Å². The zero-order valence-electron chi connectivity index (χ0n) is 19.1. The zero-order valence-corrected chi connectivity index (χ0v) is 19.1. The molecule has 0 saturated carbocycles. The van der Waals surface area contributed by atoms with Crippen LogP contribution in [0.5, 0.6) is 0 Å². The first-order chi connectivity index (χ1) is 16.8. The van der Waals surface area contributed by atoms with E-state index in [1.165, 1.54) is 25.1 Å². The van der Waals surface area contributed by atoms with Gasteiger partial charge in [0.2, 0.25) is 5.60 Å². The highest BCUT2D eigenvalue weighted by atomic mass is 19.4. The summed E-state index contributed by atoms with van der Waals surface area (Å²) in [5.41, 5.74) is -2.19. The third-order valence-electron chi connectivity index (χ3n) is 5.98. The third kappa shape index (κ3) is 4.41. The van der Waals surface area contributed by atoms with Crippen molar-refractivity contribution in [2.75, 3.05) is 5.32 Å². The van der Waals surface area contributed by atoms with Crippen molar-refractivity contribution in [2.24, 2.45) is 0 Å². The van der Waals surface area contributed by atoms with Gasteiger partial charge >= 0.3 is 6.18 Å². The maximum Gasteiger partial charge on any atom is 0.433 e. The van der Waals surface area contributed by atoms with Gasteiger partial charge in [-0.1, -0.05) is 115 Å². The van der Waals surface area contributed by atoms with E-state index in [-0.39, 0.29) is 11.3 Å². The molecule has 0 radical (unpaired) electrons. The lowest BCUT2D eigenvalue weighted by Crippen LogP contribution is -2.43. The van der Waals surface area contributed by atoms with Crippen molar-refractivity contribution in [3.8, 4) is 11.8 Å². The van der Waals surface area contributed by atoms with Crippen LogP contribution in [-0.4, -0.2) is 11.3 Å². The van der Waals surface area contributed by atoms with Crippen molar-refractivity contribution in [3.63, 3.8) is 0 Å². The summed E-state index contributed by atoms with van der Waals surface area (Å²) in [5.74, 6) is 4.25. The van der Waals surface area contributed by atoms with Crippen LogP contribution in [-0.2, 0) is 11.1 Å². The maximum absolute atomic E-state index is 14.2. The van der Waals surface area contributed by atoms with Crippen LogP contribution in [0.25, 0.3) is 0 Å². The topological polar surface area (TPSA) is 32.3 Å². The third-order valence-corrected chi connectivity index (χ3v) is 5.98. The number of anilines is 1. The number of nitrogens with one attached hydrogen (secondary N) is 1. The van der Waals surface area contributed by atoms with Gasteiger partial charge in [0.05, 0.1) is 0 Å². The first kappa shape index (κ1) is 24.1. The second kappa shape index (κ2) is 9.69. The molecule has 0 spiro atoms. The Morgan fingerprint density at radius 2 is 1.03 bits per heavy atom. The van der Waals surface area contributed by atoms with Gasteiger partial charge in [-0.15, -0.1) is 5.92 Å². The van der Waals surface area contributed by atoms with Crippen LogP contribution in [0.2, 0.25) is 0 Å². The minimum atomic E-state index is -5.01. The fourth-order valence-corrected chi connectivity index (χ4v) is 4.36. The fraction of sp³-hybridized carbons (Fsp3) is 0.133. The Bertz CT molecular complexity index is 1230. The van der Waals surface area contributed by atoms with Crippen molar-refractivity contribution >= 4 is 5.69 Å². The van der Waals surface area contributed by atoms with Crippen LogP contribution in [0.3, 0.4) is 0 Å². The van der Waals surface area contributed by atoms with Crippen LogP contribution in [0, 0.1) is 11.8 Å². The average Bonchev–Trinajstić information content (AvgIpc) is 2.88. The lowest BCUT2D eigenvalue weighted by molar-refractivity contribution is -0.240. The van der Waals surface area contributed by atoms with Crippen molar-refractivity contribution < 1.29 is 18.3 Å². The van der Waals surface area contributed by atoms with Gasteiger partial charge in [0.1, 0.15) is 5.54 Å². The molecule has 4 rings (SSSR count). The average molecular weight is 472 g/mol.